The van der Waals surface area contributed by atoms with Gasteiger partial charge in [0.25, 0.3) is 0 Å². The summed E-state index contributed by atoms with van der Waals surface area (Å²) >= 11 is 0. The third-order valence-corrected chi connectivity index (χ3v) is 4.53. The van der Waals surface area contributed by atoms with Crippen LogP contribution in [0.3, 0.4) is 0 Å². The zero-order chi connectivity index (χ0) is 13.9. The normalized spacial score (nSPS) is 32.7. The fraction of sp³-hybridized carbons (Fsp3) is 1.00. The SMILES string of the molecule is [B]C1OCC(C(C)C)CC1OP(C)(=O)OC(C)C. The minimum Gasteiger partial charge on any atom is -0.385 e. The van der Waals surface area contributed by atoms with Crippen LogP contribution in [0, 0.1) is 11.8 Å². The van der Waals surface area contributed by atoms with Gasteiger partial charge in [0.15, 0.2) is 0 Å². The smallest absolute Gasteiger partial charge is 0.328 e. The summed E-state index contributed by atoms with van der Waals surface area (Å²) in [6, 6.07) is -0.524. The molecule has 0 spiro atoms. The first-order chi connectivity index (χ1) is 8.21. The quantitative estimate of drug-likeness (QED) is 0.571. The van der Waals surface area contributed by atoms with Gasteiger partial charge in [-0.2, -0.15) is 0 Å². The molecule has 0 aromatic carbocycles. The first-order valence-corrected chi connectivity index (χ1v) is 8.51. The summed E-state index contributed by atoms with van der Waals surface area (Å²) in [7, 11) is 2.78. The van der Waals surface area contributed by atoms with Gasteiger partial charge in [-0.3, -0.25) is 4.57 Å². The maximum atomic E-state index is 12.2. The molecule has 1 aliphatic rings. The lowest BCUT2D eigenvalue weighted by Crippen LogP contribution is -2.41. The monoisotopic (exact) mass is 274 g/mol. The van der Waals surface area contributed by atoms with E-state index in [1.54, 1.807) is 0 Å². The van der Waals surface area contributed by atoms with E-state index in [0.29, 0.717) is 18.4 Å². The summed E-state index contributed by atoms with van der Waals surface area (Å²) in [5.74, 6) is 0.875. The molecule has 1 rings (SSSR count). The molecular formula is C12H24BO4P. The van der Waals surface area contributed by atoms with Crippen molar-refractivity contribution >= 4 is 15.4 Å². The van der Waals surface area contributed by atoms with Gasteiger partial charge in [-0.15, -0.1) is 0 Å². The lowest BCUT2D eigenvalue weighted by Gasteiger charge is -2.37. The Kier molecular flexibility index (Phi) is 5.91. The molecule has 4 atom stereocenters. The van der Waals surface area contributed by atoms with Gasteiger partial charge in [0, 0.05) is 19.3 Å². The van der Waals surface area contributed by atoms with Crippen molar-refractivity contribution < 1.29 is 18.3 Å². The number of hydrogen-bond donors (Lipinski definition) is 0. The molecule has 1 aliphatic heterocycles. The second-order valence-electron chi connectivity index (χ2n) is 5.61. The molecule has 0 aliphatic carbocycles. The van der Waals surface area contributed by atoms with Gasteiger partial charge in [-0.1, -0.05) is 13.8 Å². The van der Waals surface area contributed by atoms with Crippen LogP contribution in [0.25, 0.3) is 0 Å². The average molecular weight is 274 g/mol. The van der Waals surface area contributed by atoms with Crippen molar-refractivity contribution in [2.24, 2.45) is 11.8 Å². The van der Waals surface area contributed by atoms with E-state index in [-0.39, 0.29) is 12.2 Å². The number of rotatable bonds is 5. The van der Waals surface area contributed by atoms with Crippen molar-refractivity contribution in [2.75, 3.05) is 13.3 Å². The predicted molar refractivity (Wildman–Crippen MR) is 73.1 cm³/mol. The average Bonchev–Trinajstić information content (AvgIpc) is 2.18. The fourth-order valence-corrected chi connectivity index (χ4v) is 3.58. The summed E-state index contributed by atoms with van der Waals surface area (Å²) in [4.78, 5) is 0. The van der Waals surface area contributed by atoms with Gasteiger partial charge in [-0.25, -0.2) is 0 Å². The van der Waals surface area contributed by atoms with E-state index in [9.17, 15) is 4.57 Å². The minimum absolute atomic E-state index is 0.137. The molecule has 2 radical (unpaired) electrons. The topological polar surface area (TPSA) is 44.8 Å². The van der Waals surface area contributed by atoms with Gasteiger partial charge < -0.3 is 13.8 Å². The Morgan fingerprint density at radius 1 is 1.33 bits per heavy atom. The molecule has 4 unspecified atom stereocenters. The van der Waals surface area contributed by atoms with Crippen molar-refractivity contribution in [3.8, 4) is 0 Å². The van der Waals surface area contributed by atoms with Crippen LogP contribution >= 0.6 is 7.60 Å². The van der Waals surface area contributed by atoms with E-state index < -0.39 is 13.6 Å². The molecular weight excluding hydrogens is 250 g/mol. The van der Waals surface area contributed by atoms with E-state index in [1.165, 1.54) is 6.66 Å². The Balaban J connectivity index is 2.60. The fourth-order valence-electron chi connectivity index (χ4n) is 2.06. The van der Waals surface area contributed by atoms with Crippen molar-refractivity contribution in [1.29, 1.82) is 0 Å². The molecule has 104 valence electrons. The highest BCUT2D eigenvalue weighted by Crippen LogP contribution is 2.48. The maximum absolute atomic E-state index is 12.2. The zero-order valence-corrected chi connectivity index (χ0v) is 12.9. The Morgan fingerprint density at radius 2 is 1.94 bits per heavy atom. The molecule has 1 fully saturated rings. The Hall–Kier alpha value is 0.175. The molecule has 1 saturated heterocycles. The summed E-state index contributed by atoms with van der Waals surface area (Å²) in [5.41, 5.74) is 0. The highest BCUT2D eigenvalue weighted by Gasteiger charge is 2.34. The van der Waals surface area contributed by atoms with Crippen LogP contribution in [0.15, 0.2) is 0 Å². The third kappa shape index (κ3) is 5.04. The van der Waals surface area contributed by atoms with E-state index in [4.69, 9.17) is 21.6 Å². The molecule has 4 nitrogen and oxygen atoms in total. The van der Waals surface area contributed by atoms with Crippen molar-refractivity contribution in [1.82, 2.24) is 0 Å². The summed E-state index contributed by atoms with van der Waals surface area (Å²) in [6.07, 6.45) is 0.265. The van der Waals surface area contributed by atoms with Crippen LogP contribution in [0.2, 0.25) is 0 Å². The number of hydrogen-bond acceptors (Lipinski definition) is 4. The van der Waals surface area contributed by atoms with E-state index in [0.717, 1.165) is 6.42 Å². The van der Waals surface area contributed by atoms with Gasteiger partial charge in [0.2, 0.25) is 0 Å². The van der Waals surface area contributed by atoms with Gasteiger partial charge in [-0.05, 0) is 32.1 Å². The highest BCUT2D eigenvalue weighted by molar-refractivity contribution is 7.53. The van der Waals surface area contributed by atoms with Crippen LogP contribution in [0.4, 0.5) is 0 Å². The summed E-state index contributed by atoms with van der Waals surface area (Å²) in [5, 5.41) is 0. The third-order valence-electron chi connectivity index (χ3n) is 3.08. The molecule has 18 heavy (non-hydrogen) atoms. The maximum Gasteiger partial charge on any atom is 0.328 e. The molecule has 0 bridgehead atoms. The lowest BCUT2D eigenvalue weighted by molar-refractivity contribution is -0.0637. The molecule has 0 amide bonds. The van der Waals surface area contributed by atoms with E-state index in [2.05, 4.69) is 13.8 Å². The molecule has 0 aromatic heterocycles. The lowest BCUT2D eigenvalue weighted by atomic mass is 9.81. The van der Waals surface area contributed by atoms with Gasteiger partial charge in [0.1, 0.15) is 7.85 Å². The van der Waals surface area contributed by atoms with Gasteiger partial charge in [0.05, 0.1) is 12.2 Å². The summed E-state index contributed by atoms with van der Waals surface area (Å²) in [6.45, 7) is 10.0. The van der Waals surface area contributed by atoms with Crippen molar-refractivity contribution in [3.05, 3.63) is 0 Å². The van der Waals surface area contributed by atoms with E-state index in [1.807, 2.05) is 13.8 Å². The van der Waals surface area contributed by atoms with Crippen LogP contribution in [-0.4, -0.2) is 39.3 Å². The first kappa shape index (κ1) is 16.2. The standard InChI is InChI=1S/C12H24BO4P/c1-8(2)10-6-11(12(13)15-7-10)17-18(5,14)16-9(3)4/h8-12H,6-7H2,1-5H3. The van der Waals surface area contributed by atoms with Crippen molar-refractivity contribution in [2.45, 2.75) is 52.3 Å². The molecule has 0 saturated carbocycles. The highest BCUT2D eigenvalue weighted by atomic mass is 31.2. The van der Waals surface area contributed by atoms with Crippen LogP contribution in [-0.2, 0) is 18.3 Å². The second kappa shape index (κ2) is 6.56. The zero-order valence-electron chi connectivity index (χ0n) is 12.0. The van der Waals surface area contributed by atoms with Crippen LogP contribution < -0.4 is 0 Å². The van der Waals surface area contributed by atoms with Crippen LogP contribution in [0.1, 0.15) is 34.1 Å². The Labute approximate surface area is 112 Å². The largest absolute Gasteiger partial charge is 0.385 e. The van der Waals surface area contributed by atoms with Crippen LogP contribution in [0.5, 0.6) is 0 Å². The second-order valence-corrected chi connectivity index (χ2v) is 7.57. The van der Waals surface area contributed by atoms with Crippen molar-refractivity contribution in [3.63, 3.8) is 0 Å². The molecule has 0 aromatic rings. The van der Waals surface area contributed by atoms with E-state index >= 15 is 0 Å². The molecule has 0 N–H and O–H groups in total. The Bertz CT molecular complexity index is 308. The summed E-state index contributed by atoms with van der Waals surface area (Å²) < 4.78 is 28.5. The first-order valence-electron chi connectivity index (χ1n) is 6.52. The van der Waals surface area contributed by atoms with Gasteiger partial charge >= 0.3 is 7.60 Å². The molecule has 6 heteroatoms. The minimum atomic E-state index is -3.07. The molecule has 1 heterocycles. The number of ether oxygens (including phenoxy) is 1. The Morgan fingerprint density at radius 3 is 2.44 bits per heavy atom. The predicted octanol–water partition coefficient (Wildman–Crippen LogP) is 2.81.